The summed E-state index contributed by atoms with van der Waals surface area (Å²) in [4.78, 5) is 11.6. The van der Waals surface area contributed by atoms with Gasteiger partial charge in [-0.05, 0) is 18.2 Å². The molecule has 108 valence electrons. The Labute approximate surface area is 116 Å². The number of nitrogens with one attached hydrogen (secondary N) is 3. The number of aromatic nitrogens is 2. The fourth-order valence-corrected chi connectivity index (χ4v) is 1.52. The Hall–Kier alpha value is -3.02. The number of H-pyrrole nitrogens is 1. The zero-order valence-electron chi connectivity index (χ0n) is 10.3. The van der Waals surface area contributed by atoms with Crippen molar-refractivity contribution in [2.45, 2.75) is 6.18 Å². The van der Waals surface area contributed by atoms with Crippen LogP contribution in [0.3, 0.4) is 0 Å². The fraction of sp³-hybridized carbons (Fsp3) is 0.0833. The average Bonchev–Trinajstić information content (AvgIpc) is 2.85. The number of hydrogen-bond donors (Lipinski definition) is 3. The molecular weight excluding hydrogens is 287 g/mol. The zero-order chi connectivity index (χ0) is 15.5. The number of benzene rings is 1. The third-order valence-electron chi connectivity index (χ3n) is 2.45. The highest BCUT2D eigenvalue weighted by atomic mass is 19.4. The van der Waals surface area contributed by atoms with Gasteiger partial charge in [0.05, 0.1) is 11.8 Å². The first-order chi connectivity index (χ1) is 9.90. The van der Waals surface area contributed by atoms with Gasteiger partial charge in [0.15, 0.2) is 0 Å². The van der Waals surface area contributed by atoms with E-state index in [1.165, 1.54) is 18.3 Å². The maximum absolute atomic E-state index is 12.5. The van der Waals surface area contributed by atoms with E-state index in [9.17, 15) is 18.0 Å². The van der Waals surface area contributed by atoms with Crippen LogP contribution in [0.15, 0.2) is 30.5 Å². The molecule has 0 spiro atoms. The van der Waals surface area contributed by atoms with Crippen LogP contribution in [0.4, 0.5) is 29.5 Å². The molecule has 3 N–H and O–H groups in total. The van der Waals surface area contributed by atoms with Crippen LogP contribution >= 0.6 is 0 Å². The van der Waals surface area contributed by atoms with Crippen LogP contribution in [0.5, 0.6) is 0 Å². The molecule has 0 aliphatic rings. The summed E-state index contributed by atoms with van der Waals surface area (Å²) < 4.78 is 37.6. The van der Waals surface area contributed by atoms with Gasteiger partial charge in [-0.2, -0.15) is 23.5 Å². The third-order valence-corrected chi connectivity index (χ3v) is 2.45. The molecule has 0 aliphatic carbocycles. The molecule has 1 aromatic heterocycles. The second-order valence-corrected chi connectivity index (χ2v) is 3.93. The number of alkyl halides is 3. The van der Waals surface area contributed by atoms with Crippen molar-refractivity contribution in [1.29, 1.82) is 5.26 Å². The molecule has 2 aromatic rings. The molecule has 0 bridgehead atoms. The average molecular weight is 295 g/mol. The van der Waals surface area contributed by atoms with Crippen molar-refractivity contribution in [3.8, 4) is 6.07 Å². The van der Waals surface area contributed by atoms with Gasteiger partial charge in [-0.15, -0.1) is 0 Å². The lowest BCUT2D eigenvalue weighted by Gasteiger charge is -2.10. The number of halogens is 3. The van der Waals surface area contributed by atoms with Gasteiger partial charge < -0.3 is 5.32 Å². The quantitative estimate of drug-likeness (QED) is 0.795. The Bertz CT molecular complexity index is 701. The zero-order valence-corrected chi connectivity index (χ0v) is 10.3. The number of anilines is 2. The first-order valence-corrected chi connectivity index (χ1v) is 5.59. The molecule has 6 nitrogen and oxygen atoms in total. The van der Waals surface area contributed by atoms with E-state index in [1.54, 1.807) is 6.07 Å². The largest absolute Gasteiger partial charge is 0.416 e. The molecule has 0 radical (unpaired) electrons. The van der Waals surface area contributed by atoms with E-state index in [0.717, 1.165) is 12.1 Å². The van der Waals surface area contributed by atoms with Crippen LogP contribution in [0.2, 0.25) is 0 Å². The minimum atomic E-state index is -4.49. The Morgan fingerprint density at radius 3 is 2.76 bits per heavy atom. The number of nitrogens with zero attached hydrogens (tertiary/aromatic N) is 2. The SMILES string of the molecule is N#Cc1cn[nH]c1NC(=O)Nc1cccc(C(F)(F)F)c1. The molecule has 0 aliphatic heterocycles. The summed E-state index contributed by atoms with van der Waals surface area (Å²) in [5.74, 6) is 0.0574. The first-order valence-electron chi connectivity index (χ1n) is 5.59. The number of hydrogen-bond acceptors (Lipinski definition) is 3. The minimum absolute atomic E-state index is 0.0275. The molecule has 9 heteroatoms. The smallest absolute Gasteiger partial charge is 0.308 e. The topological polar surface area (TPSA) is 93.6 Å². The van der Waals surface area contributed by atoms with Crippen LogP contribution in [0, 0.1) is 11.3 Å². The number of urea groups is 1. The van der Waals surface area contributed by atoms with Gasteiger partial charge in [0.25, 0.3) is 0 Å². The van der Waals surface area contributed by atoms with Gasteiger partial charge in [0, 0.05) is 5.69 Å². The maximum atomic E-state index is 12.5. The Morgan fingerprint density at radius 2 is 2.10 bits per heavy atom. The summed E-state index contributed by atoms with van der Waals surface area (Å²) in [5, 5.41) is 19.2. The van der Waals surface area contributed by atoms with Crippen LogP contribution in [-0.4, -0.2) is 16.2 Å². The summed E-state index contributed by atoms with van der Waals surface area (Å²) in [6, 6.07) is 5.18. The van der Waals surface area contributed by atoms with Gasteiger partial charge >= 0.3 is 12.2 Å². The molecule has 1 heterocycles. The summed E-state index contributed by atoms with van der Waals surface area (Å²) in [6.07, 6.45) is -3.29. The number of aromatic amines is 1. The van der Waals surface area contributed by atoms with E-state index in [-0.39, 0.29) is 17.1 Å². The number of amides is 2. The van der Waals surface area contributed by atoms with Gasteiger partial charge in [-0.3, -0.25) is 10.4 Å². The van der Waals surface area contributed by atoms with Crippen molar-refractivity contribution < 1.29 is 18.0 Å². The van der Waals surface area contributed by atoms with E-state index in [2.05, 4.69) is 20.8 Å². The third kappa shape index (κ3) is 3.50. The predicted octanol–water partition coefficient (Wildman–Crippen LogP) is 2.94. The lowest BCUT2D eigenvalue weighted by Crippen LogP contribution is -2.20. The molecular formula is C12H8F3N5O. The highest BCUT2D eigenvalue weighted by Gasteiger charge is 2.30. The molecule has 0 atom stereocenters. The number of carbonyl (C=O) groups is 1. The van der Waals surface area contributed by atoms with Crippen molar-refractivity contribution >= 4 is 17.5 Å². The van der Waals surface area contributed by atoms with Gasteiger partial charge in [0.2, 0.25) is 0 Å². The Balaban J connectivity index is 2.09. The Kier molecular flexibility index (Phi) is 3.80. The molecule has 0 saturated heterocycles. The molecule has 0 unspecified atom stereocenters. The normalized spacial score (nSPS) is 10.8. The first kappa shape index (κ1) is 14.4. The number of rotatable bonds is 2. The van der Waals surface area contributed by atoms with Crippen LogP contribution in [0.25, 0.3) is 0 Å². The van der Waals surface area contributed by atoms with Crippen molar-refractivity contribution in [2.75, 3.05) is 10.6 Å². The van der Waals surface area contributed by atoms with Crippen molar-refractivity contribution in [3.63, 3.8) is 0 Å². The van der Waals surface area contributed by atoms with E-state index in [0.29, 0.717) is 0 Å². The highest BCUT2D eigenvalue weighted by Crippen LogP contribution is 2.30. The van der Waals surface area contributed by atoms with Crippen molar-refractivity contribution in [1.82, 2.24) is 10.2 Å². The van der Waals surface area contributed by atoms with Gasteiger partial charge in [0.1, 0.15) is 17.5 Å². The van der Waals surface area contributed by atoms with Crippen molar-refractivity contribution in [2.24, 2.45) is 0 Å². The van der Waals surface area contributed by atoms with Crippen molar-refractivity contribution in [3.05, 3.63) is 41.6 Å². The van der Waals surface area contributed by atoms with E-state index >= 15 is 0 Å². The number of nitriles is 1. The summed E-state index contributed by atoms with van der Waals surface area (Å²) in [7, 11) is 0. The van der Waals surface area contributed by atoms with E-state index < -0.39 is 17.8 Å². The lowest BCUT2D eigenvalue weighted by atomic mass is 10.2. The molecule has 2 amide bonds. The standard InChI is InChI=1S/C12H8F3N5O/c13-12(14,15)8-2-1-3-9(4-8)18-11(21)19-10-7(5-16)6-17-20-10/h1-4,6H,(H3,17,18,19,20,21). The van der Waals surface area contributed by atoms with Crippen LogP contribution < -0.4 is 10.6 Å². The molecule has 2 rings (SSSR count). The minimum Gasteiger partial charge on any atom is -0.308 e. The molecule has 0 saturated carbocycles. The molecule has 21 heavy (non-hydrogen) atoms. The second kappa shape index (κ2) is 5.54. The predicted molar refractivity (Wildman–Crippen MR) is 67.4 cm³/mol. The highest BCUT2D eigenvalue weighted by molar-refractivity contribution is 5.99. The van der Waals surface area contributed by atoms with Gasteiger partial charge in [-0.1, -0.05) is 6.07 Å². The van der Waals surface area contributed by atoms with Crippen LogP contribution in [-0.2, 0) is 6.18 Å². The molecule has 0 fully saturated rings. The lowest BCUT2D eigenvalue weighted by molar-refractivity contribution is -0.137. The van der Waals surface area contributed by atoms with E-state index in [4.69, 9.17) is 5.26 Å². The van der Waals surface area contributed by atoms with Gasteiger partial charge in [-0.25, -0.2) is 4.79 Å². The number of carbonyl (C=O) groups excluding carboxylic acids is 1. The second-order valence-electron chi connectivity index (χ2n) is 3.93. The summed E-state index contributed by atoms with van der Waals surface area (Å²) in [6.45, 7) is 0. The van der Waals surface area contributed by atoms with E-state index in [1.807, 2.05) is 0 Å². The molecule has 1 aromatic carbocycles. The fourth-order valence-electron chi connectivity index (χ4n) is 1.52. The van der Waals surface area contributed by atoms with Crippen LogP contribution in [0.1, 0.15) is 11.1 Å². The monoisotopic (exact) mass is 295 g/mol. The maximum Gasteiger partial charge on any atom is 0.416 e. The summed E-state index contributed by atoms with van der Waals surface area (Å²) >= 11 is 0. The Morgan fingerprint density at radius 1 is 1.33 bits per heavy atom. The summed E-state index contributed by atoms with van der Waals surface area (Å²) in [5.41, 5.74) is -0.797.